The van der Waals surface area contributed by atoms with Gasteiger partial charge in [-0.15, -0.1) is 0 Å². The first-order chi connectivity index (χ1) is 8.13. The first kappa shape index (κ1) is 14.4. The molecule has 5 nitrogen and oxygen atoms in total. The molecule has 1 heterocycles. The number of carbonyl (C=O) groups is 1. The molecule has 17 heavy (non-hydrogen) atoms. The molecule has 1 rings (SSSR count). The Morgan fingerprint density at radius 1 is 1.59 bits per heavy atom. The molecule has 1 amide bonds. The van der Waals surface area contributed by atoms with Gasteiger partial charge >= 0.3 is 0 Å². The lowest BCUT2D eigenvalue weighted by Crippen LogP contribution is -2.42. The molecule has 5 heteroatoms. The maximum absolute atomic E-state index is 11.5. The maximum atomic E-state index is 11.5. The van der Waals surface area contributed by atoms with Crippen LogP contribution in [0.3, 0.4) is 0 Å². The van der Waals surface area contributed by atoms with Gasteiger partial charge < -0.3 is 20.1 Å². The summed E-state index contributed by atoms with van der Waals surface area (Å²) in [5.41, 5.74) is 0. The van der Waals surface area contributed by atoms with Crippen molar-refractivity contribution < 1.29 is 14.3 Å². The average Bonchev–Trinajstić information content (AvgIpc) is 2.64. The molecule has 0 aromatic carbocycles. The number of methoxy groups -OCH3 is 1. The SMILES string of the molecule is COCC(C)NC(=O)CNCC1CCOC1C. The van der Waals surface area contributed by atoms with Crippen LogP contribution in [0, 0.1) is 5.92 Å². The Morgan fingerprint density at radius 3 is 2.94 bits per heavy atom. The van der Waals surface area contributed by atoms with Crippen LogP contribution in [0.4, 0.5) is 0 Å². The first-order valence-electron chi connectivity index (χ1n) is 6.24. The molecule has 1 aliphatic heterocycles. The minimum Gasteiger partial charge on any atom is -0.383 e. The molecular formula is C12H24N2O3. The molecule has 3 atom stereocenters. The number of hydrogen-bond donors (Lipinski definition) is 2. The van der Waals surface area contributed by atoms with Crippen molar-refractivity contribution in [2.45, 2.75) is 32.4 Å². The van der Waals surface area contributed by atoms with E-state index in [4.69, 9.17) is 9.47 Å². The summed E-state index contributed by atoms with van der Waals surface area (Å²) in [6, 6.07) is 0.0584. The Labute approximate surface area is 103 Å². The highest BCUT2D eigenvalue weighted by Crippen LogP contribution is 2.18. The van der Waals surface area contributed by atoms with Gasteiger partial charge in [-0.25, -0.2) is 0 Å². The quantitative estimate of drug-likeness (QED) is 0.669. The predicted octanol–water partition coefficient (Wildman–Crippen LogP) is 0.152. The van der Waals surface area contributed by atoms with Gasteiger partial charge in [0, 0.05) is 26.3 Å². The van der Waals surface area contributed by atoms with Crippen molar-refractivity contribution in [3.63, 3.8) is 0 Å². The summed E-state index contributed by atoms with van der Waals surface area (Å²) >= 11 is 0. The zero-order valence-electron chi connectivity index (χ0n) is 11.0. The standard InChI is InChI=1S/C12H24N2O3/c1-9(8-16-3)14-12(15)7-13-6-11-4-5-17-10(11)2/h9-11,13H,4-8H2,1-3H3,(H,14,15). The minimum absolute atomic E-state index is 0.0149. The molecule has 0 radical (unpaired) electrons. The number of rotatable bonds is 7. The van der Waals surface area contributed by atoms with Crippen LogP contribution in [-0.4, -0.2) is 51.5 Å². The second-order valence-corrected chi connectivity index (χ2v) is 4.68. The fraction of sp³-hybridized carbons (Fsp3) is 0.917. The Balaban J connectivity index is 2.07. The Hall–Kier alpha value is -0.650. The molecule has 100 valence electrons. The average molecular weight is 244 g/mol. The second-order valence-electron chi connectivity index (χ2n) is 4.68. The molecule has 0 aromatic rings. The van der Waals surface area contributed by atoms with Crippen molar-refractivity contribution in [3.8, 4) is 0 Å². The van der Waals surface area contributed by atoms with E-state index in [0.717, 1.165) is 19.6 Å². The molecule has 1 fully saturated rings. The fourth-order valence-electron chi connectivity index (χ4n) is 2.03. The molecule has 1 aliphatic rings. The van der Waals surface area contributed by atoms with Crippen molar-refractivity contribution in [2.24, 2.45) is 5.92 Å². The zero-order chi connectivity index (χ0) is 12.7. The van der Waals surface area contributed by atoms with Crippen LogP contribution >= 0.6 is 0 Å². The summed E-state index contributed by atoms with van der Waals surface area (Å²) in [6.07, 6.45) is 1.38. The molecule has 0 spiro atoms. The van der Waals surface area contributed by atoms with Gasteiger partial charge in [0.05, 0.1) is 19.3 Å². The van der Waals surface area contributed by atoms with E-state index in [1.165, 1.54) is 0 Å². The highest BCUT2D eigenvalue weighted by molar-refractivity contribution is 5.78. The number of carbonyl (C=O) groups excluding carboxylic acids is 1. The van der Waals surface area contributed by atoms with Crippen LogP contribution in [0.15, 0.2) is 0 Å². The van der Waals surface area contributed by atoms with E-state index in [1.807, 2.05) is 6.92 Å². The summed E-state index contributed by atoms with van der Waals surface area (Å²) in [4.78, 5) is 11.5. The third-order valence-electron chi connectivity index (χ3n) is 3.05. The second kappa shape index (κ2) is 7.63. The highest BCUT2D eigenvalue weighted by Gasteiger charge is 2.23. The van der Waals surface area contributed by atoms with Crippen LogP contribution in [0.2, 0.25) is 0 Å². The Bertz CT molecular complexity index is 236. The van der Waals surface area contributed by atoms with Crippen LogP contribution in [0.1, 0.15) is 20.3 Å². The zero-order valence-corrected chi connectivity index (χ0v) is 11.0. The fourth-order valence-corrected chi connectivity index (χ4v) is 2.03. The molecule has 0 aliphatic carbocycles. The van der Waals surface area contributed by atoms with Gasteiger partial charge in [0.1, 0.15) is 0 Å². The molecule has 3 unspecified atom stereocenters. The monoisotopic (exact) mass is 244 g/mol. The van der Waals surface area contributed by atoms with Crippen molar-refractivity contribution in [2.75, 3.05) is 33.4 Å². The lowest BCUT2D eigenvalue weighted by atomic mass is 10.0. The first-order valence-corrected chi connectivity index (χ1v) is 6.24. The van der Waals surface area contributed by atoms with Crippen LogP contribution in [0.5, 0.6) is 0 Å². The van der Waals surface area contributed by atoms with Crippen molar-refractivity contribution in [1.29, 1.82) is 0 Å². The third kappa shape index (κ3) is 5.48. The van der Waals surface area contributed by atoms with Crippen molar-refractivity contribution in [1.82, 2.24) is 10.6 Å². The Morgan fingerprint density at radius 2 is 2.35 bits per heavy atom. The van der Waals surface area contributed by atoms with Crippen molar-refractivity contribution in [3.05, 3.63) is 0 Å². The van der Waals surface area contributed by atoms with Crippen LogP contribution in [0.25, 0.3) is 0 Å². The summed E-state index contributed by atoms with van der Waals surface area (Å²) < 4.78 is 10.4. The minimum atomic E-state index is 0.0149. The van der Waals surface area contributed by atoms with E-state index in [0.29, 0.717) is 25.2 Å². The molecule has 0 aromatic heterocycles. The molecule has 0 bridgehead atoms. The largest absolute Gasteiger partial charge is 0.383 e. The van der Waals surface area contributed by atoms with Crippen LogP contribution in [-0.2, 0) is 14.3 Å². The third-order valence-corrected chi connectivity index (χ3v) is 3.05. The molecule has 2 N–H and O–H groups in total. The predicted molar refractivity (Wildman–Crippen MR) is 65.9 cm³/mol. The summed E-state index contributed by atoms with van der Waals surface area (Å²) in [6.45, 7) is 6.59. The smallest absolute Gasteiger partial charge is 0.234 e. The van der Waals surface area contributed by atoms with E-state index >= 15 is 0 Å². The van der Waals surface area contributed by atoms with Crippen LogP contribution < -0.4 is 10.6 Å². The number of amides is 1. The van der Waals surface area contributed by atoms with Crippen molar-refractivity contribution >= 4 is 5.91 Å². The van der Waals surface area contributed by atoms with Gasteiger partial charge in [-0.05, 0) is 26.2 Å². The summed E-state index contributed by atoms with van der Waals surface area (Å²) in [5, 5.41) is 6.03. The van der Waals surface area contributed by atoms with Gasteiger partial charge in [-0.2, -0.15) is 0 Å². The topological polar surface area (TPSA) is 59.6 Å². The summed E-state index contributed by atoms with van der Waals surface area (Å²) in [7, 11) is 1.63. The van der Waals surface area contributed by atoms with Gasteiger partial charge in [0.15, 0.2) is 0 Å². The normalized spacial score (nSPS) is 25.8. The number of nitrogens with one attached hydrogen (secondary N) is 2. The van der Waals surface area contributed by atoms with E-state index in [9.17, 15) is 4.79 Å². The van der Waals surface area contributed by atoms with Gasteiger partial charge in [0.2, 0.25) is 5.91 Å². The molecule has 1 saturated heterocycles. The van der Waals surface area contributed by atoms with E-state index in [2.05, 4.69) is 17.6 Å². The van der Waals surface area contributed by atoms with E-state index < -0.39 is 0 Å². The molecular weight excluding hydrogens is 220 g/mol. The maximum Gasteiger partial charge on any atom is 0.234 e. The van der Waals surface area contributed by atoms with Gasteiger partial charge in [-0.3, -0.25) is 4.79 Å². The lowest BCUT2D eigenvalue weighted by Gasteiger charge is -2.16. The van der Waals surface area contributed by atoms with E-state index in [-0.39, 0.29) is 11.9 Å². The summed E-state index contributed by atoms with van der Waals surface area (Å²) in [5.74, 6) is 0.542. The number of hydrogen-bond acceptors (Lipinski definition) is 4. The Kier molecular flexibility index (Phi) is 6.47. The van der Waals surface area contributed by atoms with Gasteiger partial charge in [-0.1, -0.05) is 0 Å². The number of ether oxygens (including phenoxy) is 2. The molecule has 0 saturated carbocycles. The highest BCUT2D eigenvalue weighted by atomic mass is 16.5. The lowest BCUT2D eigenvalue weighted by molar-refractivity contribution is -0.121. The van der Waals surface area contributed by atoms with Gasteiger partial charge in [0.25, 0.3) is 0 Å². The van der Waals surface area contributed by atoms with E-state index in [1.54, 1.807) is 7.11 Å².